The fourth-order valence-corrected chi connectivity index (χ4v) is 1.82. The first-order valence-electron chi connectivity index (χ1n) is 6.73. The van der Waals surface area contributed by atoms with Crippen molar-refractivity contribution in [3.63, 3.8) is 0 Å². The number of carbonyl (C=O) groups excluding carboxylic acids is 1. The number of hydrogen-bond donors (Lipinski definition) is 2. The Balaban J connectivity index is 2.21. The molecule has 2 rings (SSSR count). The van der Waals surface area contributed by atoms with E-state index in [0.717, 1.165) is 4.68 Å². The lowest BCUT2D eigenvalue weighted by Crippen LogP contribution is -2.41. The number of halogens is 1. The van der Waals surface area contributed by atoms with Gasteiger partial charge in [-0.2, -0.15) is 5.10 Å². The average molecular weight is 319 g/mol. The number of nitrogens with zero attached hydrogens (tertiary/aromatic N) is 2. The summed E-state index contributed by atoms with van der Waals surface area (Å²) in [4.78, 5) is 34.2. The molecule has 2 aromatic rings. The van der Waals surface area contributed by atoms with Crippen LogP contribution in [0.4, 0.5) is 4.39 Å². The number of nitrogens with one attached hydrogen (secondary N) is 1. The van der Waals surface area contributed by atoms with Crippen LogP contribution in [0.25, 0.3) is 11.3 Å². The fourth-order valence-electron chi connectivity index (χ4n) is 1.82. The van der Waals surface area contributed by atoms with Gasteiger partial charge in [0.2, 0.25) is 5.91 Å². The summed E-state index contributed by atoms with van der Waals surface area (Å²) < 4.78 is 13.8. The molecule has 0 fully saturated rings. The molecule has 0 aliphatic rings. The molecule has 1 aromatic heterocycles. The topological polar surface area (TPSA) is 101 Å². The number of carboxylic acids is 1. The first-order valence-corrected chi connectivity index (χ1v) is 6.73. The van der Waals surface area contributed by atoms with E-state index in [-0.39, 0.29) is 0 Å². The van der Waals surface area contributed by atoms with Crippen LogP contribution < -0.4 is 10.9 Å². The molecule has 0 bridgehead atoms. The van der Waals surface area contributed by atoms with E-state index >= 15 is 0 Å². The van der Waals surface area contributed by atoms with Gasteiger partial charge in [0.1, 0.15) is 18.4 Å². The minimum absolute atomic E-state index is 0.392. The summed E-state index contributed by atoms with van der Waals surface area (Å²) in [5.74, 6) is -2.23. The van der Waals surface area contributed by atoms with Crippen LogP contribution >= 0.6 is 0 Å². The second-order valence-corrected chi connectivity index (χ2v) is 4.85. The molecule has 0 radical (unpaired) electrons. The highest BCUT2D eigenvalue weighted by atomic mass is 19.1. The van der Waals surface area contributed by atoms with Gasteiger partial charge < -0.3 is 10.4 Å². The van der Waals surface area contributed by atoms with Crippen molar-refractivity contribution in [1.29, 1.82) is 0 Å². The van der Waals surface area contributed by atoms with Gasteiger partial charge >= 0.3 is 5.97 Å². The number of rotatable bonds is 5. The fraction of sp³-hybridized carbons (Fsp3) is 0.200. The molecule has 0 aliphatic heterocycles. The van der Waals surface area contributed by atoms with Gasteiger partial charge in [-0.15, -0.1) is 0 Å². The number of carbonyl (C=O) groups is 2. The summed E-state index contributed by atoms with van der Waals surface area (Å²) in [6.45, 7) is 0.900. The molecular weight excluding hydrogens is 305 g/mol. The van der Waals surface area contributed by atoms with Gasteiger partial charge in [-0.25, -0.2) is 9.07 Å². The normalized spacial score (nSPS) is 11.7. The molecule has 1 atom stereocenters. The van der Waals surface area contributed by atoms with Gasteiger partial charge in [0.05, 0.1) is 5.69 Å². The van der Waals surface area contributed by atoms with Gasteiger partial charge in [-0.05, 0) is 37.3 Å². The molecule has 1 amide bonds. The number of aromatic nitrogens is 2. The predicted octanol–water partition coefficient (Wildman–Crippen LogP) is 0.639. The van der Waals surface area contributed by atoms with E-state index in [2.05, 4.69) is 10.4 Å². The highest BCUT2D eigenvalue weighted by molar-refractivity contribution is 5.83. The monoisotopic (exact) mass is 319 g/mol. The summed E-state index contributed by atoms with van der Waals surface area (Å²) in [5, 5.41) is 15.0. The Morgan fingerprint density at radius 2 is 1.91 bits per heavy atom. The van der Waals surface area contributed by atoms with Gasteiger partial charge in [-0.3, -0.25) is 14.4 Å². The van der Waals surface area contributed by atoms with Crippen molar-refractivity contribution in [2.75, 3.05) is 0 Å². The molecule has 0 aliphatic carbocycles. The van der Waals surface area contributed by atoms with Crippen LogP contribution in [0.3, 0.4) is 0 Å². The average Bonchev–Trinajstić information content (AvgIpc) is 2.50. The van der Waals surface area contributed by atoms with E-state index in [1.54, 1.807) is 0 Å². The molecule has 120 valence electrons. The molecule has 0 saturated heterocycles. The maximum absolute atomic E-state index is 12.9. The zero-order valence-corrected chi connectivity index (χ0v) is 12.2. The Morgan fingerprint density at radius 3 is 2.52 bits per heavy atom. The first-order chi connectivity index (χ1) is 10.9. The van der Waals surface area contributed by atoms with Crippen molar-refractivity contribution in [1.82, 2.24) is 15.1 Å². The SMILES string of the molecule is C[C@H](NC(=O)Cn1nc(-c2ccc(F)cc2)ccc1=O)C(=O)O. The molecule has 0 spiro atoms. The minimum Gasteiger partial charge on any atom is -0.480 e. The Bertz CT molecular complexity index is 786. The van der Waals surface area contributed by atoms with Crippen molar-refractivity contribution in [3.8, 4) is 11.3 Å². The third kappa shape index (κ3) is 4.22. The third-order valence-corrected chi connectivity index (χ3v) is 3.05. The Hall–Kier alpha value is -3.03. The van der Waals surface area contributed by atoms with Crippen molar-refractivity contribution >= 4 is 11.9 Å². The summed E-state index contributed by atoms with van der Waals surface area (Å²) >= 11 is 0. The molecule has 2 N–H and O–H groups in total. The quantitative estimate of drug-likeness (QED) is 0.842. The Labute approximate surface area is 130 Å². The first kappa shape index (κ1) is 16.3. The molecular formula is C15H14FN3O4. The second-order valence-electron chi connectivity index (χ2n) is 4.85. The highest BCUT2D eigenvalue weighted by Crippen LogP contribution is 2.15. The summed E-state index contributed by atoms with van der Waals surface area (Å²) in [6, 6.07) is 7.14. The lowest BCUT2D eigenvalue weighted by atomic mass is 10.1. The third-order valence-electron chi connectivity index (χ3n) is 3.05. The van der Waals surface area contributed by atoms with Crippen LogP contribution in [0.15, 0.2) is 41.2 Å². The van der Waals surface area contributed by atoms with E-state index < -0.39 is 35.8 Å². The maximum atomic E-state index is 12.9. The van der Waals surface area contributed by atoms with Crippen LogP contribution in [0.2, 0.25) is 0 Å². The highest BCUT2D eigenvalue weighted by Gasteiger charge is 2.15. The lowest BCUT2D eigenvalue weighted by molar-refractivity contribution is -0.141. The van der Waals surface area contributed by atoms with Crippen molar-refractivity contribution < 1.29 is 19.1 Å². The van der Waals surface area contributed by atoms with E-state index in [0.29, 0.717) is 11.3 Å². The number of hydrogen-bond acceptors (Lipinski definition) is 4. The molecule has 23 heavy (non-hydrogen) atoms. The summed E-state index contributed by atoms with van der Waals surface area (Å²) in [6.07, 6.45) is 0. The molecule has 1 heterocycles. The van der Waals surface area contributed by atoms with Crippen LogP contribution in [-0.4, -0.2) is 32.8 Å². The van der Waals surface area contributed by atoms with Crippen molar-refractivity contribution in [2.45, 2.75) is 19.5 Å². The predicted molar refractivity (Wildman–Crippen MR) is 79.1 cm³/mol. The molecule has 7 nitrogen and oxygen atoms in total. The van der Waals surface area contributed by atoms with Crippen LogP contribution in [-0.2, 0) is 16.1 Å². The maximum Gasteiger partial charge on any atom is 0.325 e. The number of carboxylic acid groups (broad SMARTS) is 1. The molecule has 0 unspecified atom stereocenters. The van der Waals surface area contributed by atoms with Crippen LogP contribution in [0.1, 0.15) is 6.92 Å². The Morgan fingerprint density at radius 1 is 1.26 bits per heavy atom. The number of benzene rings is 1. The zero-order valence-electron chi connectivity index (χ0n) is 12.2. The van der Waals surface area contributed by atoms with Crippen LogP contribution in [0.5, 0.6) is 0 Å². The largest absolute Gasteiger partial charge is 0.480 e. The molecule has 8 heteroatoms. The zero-order chi connectivity index (χ0) is 17.0. The van der Waals surface area contributed by atoms with Crippen LogP contribution in [0, 0.1) is 5.82 Å². The van der Waals surface area contributed by atoms with E-state index in [1.807, 2.05) is 0 Å². The second kappa shape index (κ2) is 6.82. The minimum atomic E-state index is -1.18. The van der Waals surface area contributed by atoms with E-state index in [4.69, 9.17) is 5.11 Å². The van der Waals surface area contributed by atoms with E-state index in [1.165, 1.54) is 43.3 Å². The summed E-state index contributed by atoms with van der Waals surface area (Å²) in [7, 11) is 0. The van der Waals surface area contributed by atoms with Gasteiger partial charge in [0.15, 0.2) is 0 Å². The van der Waals surface area contributed by atoms with Crippen molar-refractivity contribution in [2.24, 2.45) is 0 Å². The Kier molecular flexibility index (Phi) is 4.85. The standard InChI is InChI=1S/C15H14FN3O4/c1-9(15(22)23)17-13(20)8-19-14(21)7-6-12(18-19)10-2-4-11(16)5-3-10/h2-7,9H,8H2,1H3,(H,17,20)(H,22,23)/t9-/m0/s1. The van der Waals surface area contributed by atoms with E-state index in [9.17, 15) is 18.8 Å². The lowest BCUT2D eigenvalue weighted by Gasteiger charge is -2.10. The molecule has 0 saturated carbocycles. The molecule has 1 aromatic carbocycles. The van der Waals surface area contributed by atoms with Gasteiger partial charge in [-0.1, -0.05) is 0 Å². The van der Waals surface area contributed by atoms with Gasteiger partial charge in [0, 0.05) is 11.6 Å². The number of amides is 1. The van der Waals surface area contributed by atoms with Gasteiger partial charge in [0.25, 0.3) is 5.56 Å². The van der Waals surface area contributed by atoms with Crippen molar-refractivity contribution in [3.05, 3.63) is 52.6 Å². The number of aliphatic carboxylic acids is 1. The smallest absolute Gasteiger partial charge is 0.325 e. The summed E-state index contributed by atoms with van der Waals surface area (Å²) in [5.41, 5.74) is 0.470.